The maximum absolute atomic E-state index is 11.5. The van der Waals surface area contributed by atoms with Gasteiger partial charge in [0.15, 0.2) is 5.13 Å². The molecule has 1 aromatic carbocycles. The number of anilines is 1. The van der Waals surface area contributed by atoms with Crippen molar-refractivity contribution in [3.8, 4) is 5.75 Å². The van der Waals surface area contributed by atoms with E-state index in [1.807, 2.05) is 29.6 Å². The number of carbonyl (C=O) groups is 1. The van der Waals surface area contributed by atoms with Crippen molar-refractivity contribution < 1.29 is 9.53 Å². The first-order valence-electron chi connectivity index (χ1n) is 5.85. The molecule has 0 aliphatic carbocycles. The second-order valence-corrected chi connectivity index (χ2v) is 4.71. The van der Waals surface area contributed by atoms with Gasteiger partial charge in [0.05, 0.1) is 7.11 Å². The van der Waals surface area contributed by atoms with E-state index in [1.165, 1.54) is 11.3 Å². The molecule has 0 bridgehead atoms. The molecule has 0 aliphatic rings. The molecule has 0 aliphatic heterocycles. The van der Waals surface area contributed by atoms with Crippen LogP contribution in [0.4, 0.5) is 9.93 Å². The fourth-order valence-electron chi connectivity index (χ4n) is 1.54. The van der Waals surface area contributed by atoms with Crippen molar-refractivity contribution in [2.24, 2.45) is 0 Å². The second kappa shape index (κ2) is 6.75. The van der Waals surface area contributed by atoms with Crippen LogP contribution in [0, 0.1) is 0 Å². The standard InChI is InChI=1S/C13H15N3O2S/c1-18-11-4-2-10(3-5-11)6-7-14-12(17)16-13-15-8-9-19-13/h2-5,8-9H,6-7H2,1H3,(H2,14,15,16,17). The van der Waals surface area contributed by atoms with E-state index in [0.29, 0.717) is 11.7 Å². The van der Waals surface area contributed by atoms with Crippen molar-refractivity contribution in [1.82, 2.24) is 10.3 Å². The third kappa shape index (κ3) is 4.26. The number of amides is 2. The van der Waals surface area contributed by atoms with E-state index >= 15 is 0 Å². The van der Waals surface area contributed by atoms with Crippen molar-refractivity contribution in [3.05, 3.63) is 41.4 Å². The van der Waals surface area contributed by atoms with Gasteiger partial charge in [0.25, 0.3) is 0 Å². The first-order valence-corrected chi connectivity index (χ1v) is 6.73. The number of hydrogen-bond acceptors (Lipinski definition) is 4. The van der Waals surface area contributed by atoms with E-state index in [-0.39, 0.29) is 6.03 Å². The first kappa shape index (κ1) is 13.4. The Labute approximate surface area is 115 Å². The van der Waals surface area contributed by atoms with Gasteiger partial charge in [0, 0.05) is 18.1 Å². The van der Waals surface area contributed by atoms with Crippen molar-refractivity contribution in [1.29, 1.82) is 0 Å². The summed E-state index contributed by atoms with van der Waals surface area (Å²) in [6.07, 6.45) is 2.42. The molecule has 1 aromatic heterocycles. The molecule has 6 heteroatoms. The van der Waals surface area contributed by atoms with Gasteiger partial charge in [0.2, 0.25) is 0 Å². The molecule has 0 atom stereocenters. The molecule has 0 saturated carbocycles. The topological polar surface area (TPSA) is 63.2 Å². The van der Waals surface area contributed by atoms with Crippen LogP contribution >= 0.6 is 11.3 Å². The van der Waals surface area contributed by atoms with E-state index in [0.717, 1.165) is 17.7 Å². The number of rotatable bonds is 5. The van der Waals surface area contributed by atoms with Gasteiger partial charge in [-0.05, 0) is 24.1 Å². The summed E-state index contributed by atoms with van der Waals surface area (Å²) in [5.74, 6) is 0.832. The molecule has 0 unspecified atom stereocenters. The summed E-state index contributed by atoms with van der Waals surface area (Å²) >= 11 is 1.39. The second-order valence-electron chi connectivity index (χ2n) is 3.82. The van der Waals surface area contributed by atoms with E-state index in [1.54, 1.807) is 13.3 Å². The number of aromatic nitrogens is 1. The number of benzene rings is 1. The lowest BCUT2D eigenvalue weighted by atomic mass is 10.1. The number of thiazole rings is 1. The molecular formula is C13H15N3O2S. The lowest BCUT2D eigenvalue weighted by Crippen LogP contribution is -2.30. The summed E-state index contributed by atoms with van der Waals surface area (Å²) in [5, 5.41) is 7.86. The minimum atomic E-state index is -0.233. The molecule has 0 radical (unpaired) electrons. The summed E-state index contributed by atoms with van der Waals surface area (Å²) in [5.41, 5.74) is 1.15. The van der Waals surface area contributed by atoms with Crippen LogP contribution in [0.5, 0.6) is 5.75 Å². The highest BCUT2D eigenvalue weighted by Crippen LogP contribution is 2.11. The Balaban J connectivity index is 1.72. The number of urea groups is 1. The van der Waals surface area contributed by atoms with Gasteiger partial charge in [-0.1, -0.05) is 12.1 Å². The minimum Gasteiger partial charge on any atom is -0.497 e. The number of nitrogens with one attached hydrogen (secondary N) is 2. The maximum Gasteiger partial charge on any atom is 0.321 e. The average Bonchev–Trinajstić information content (AvgIpc) is 2.92. The molecule has 2 aromatic rings. The maximum atomic E-state index is 11.5. The highest BCUT2D eigenvalue weighted by atomic mass is 32.1. The smallest absolute Gasteiger partial charge is 0.321 e. The third-order valence-corrected chi connectivity index (χ3v) is 3.20. The van der Waals surface area contributed by atoms with Gasteiger partial charge >= 0.3 is 6.03 Å². The van der Waals surface area contributed by atoms with Crippen molar-refractivity contribution >= 4 is 22.5 Å². The van der Waals surface area contributed by atoms with Crippen molar-refractivity contribution in [2.75, 3.05) is 19.0 Å². The third-order valence-electron chi connectivity index (χ3n) is 2.51. The lowest BCUT2D eigenvalue weighted by Gasteiger charge is -2.06. The predicted molar refractivity (Wildman–Crippen MR) is 75.8 cm³/mol. The van der Waals surface area contributed by atoms with Crippen LogP contribution in [0.2, 0.25) is 0 Å². The molecule has 0 saturated heterocycles. The van der Waals surface area contributed by atoms with E-state index in [9.17, 15) is 4.79 Å². The number of methoxy groups -OCH3 is 1. The fraction of sp³-hybridized carbons (Fsp3) is 0.231. The molecule has 100 valence electrons. The Hall–Kier alpha value is -2.08. The molecule has 2 amide bonds. The van der Waals surface area contributed by atoms with Crippen LogP contribution in [-0.2, 0) is 6.42 Å². The fourth-order valence-corrected chi connectivity index (χ4v) is 2.06. The molecular weight excluding hydrogens is 262 g/mol. The molecule has 0 spiro atoms. The van der Waals surface area contributed by atoms with Crippen LogP contribution in [0.15, 0.2) is 35.8 Å². The van der Waals surface area contributed by atoms with Gasteiger partial charge in [-0.15, -0.1) is 11.3 Å². The first-order chi connectivity index (χ1) is 9.28. The Kier molecular flexibility index (Phi) is 4.74. The molecule has 19 heavy (non-hydrogen) atoms. The van der Waals surface area contributed by atoms with Gasteiger partial charge in [-0.3, -0.25) is 5.32 Å². The summed E-state index contributed by atoms with van der Waals surface area (Å²) in [4.78, 5) is 15.5. The molecule has 2 N–H and O–H groups in total. The van der Waals surface area contributed by atoms with Crippen molar-refractivity contribution in [3.63, 3.8) is 0 Å². The van der Waals surface area contributed by atoms with Crippen LogP contribution in [0.25, 0.3) is 0 Å². The lowest BCUT2D eigenvalue weighted by molar-refractivity contribution is 0.252. The number of nitrogens with zero attached hydrogens (tertiary/aromatic N) is 1. The molecule has 1 heterocycles. The number of hydrogen-bond donors (Lipinski definition) is 2. The van der Waals surface area contributed by atoms with Crippen LogP contribution in [0.3, 0.4) is 0 Å². The Morgan fingerprint density at radius 2 is 2.16 bits per heavy atom. The normalized spacial score (nSPS) is 9.95. The Morgan fingerprint density at radius 3 is 2.79 bits per heavy atom. The summed E-state index contributed by atoms with van der Waals surface area (Å²) < 4.78 is 5.09. The molecule has 5 nitrogen and oxygen atoms in total. The highest BCUT2D eigenvalue weighted by molar-refractivity contribution is 7.13. The minimum absolute atomic E-state index is 0.233. The van der Waals surface area contributed by atoms with Gasteiger partial charge in [-0.2, -0.15) is 0 Å². The van der Waals surface area contributed by atoms with E-state index in [4.69, 9.17) is 4.74 Å². The highest BCUT2D eigenvalue weighted by Gasteiger charge is 2.02. The number of ether oxygens (including phenoxy) is 1. The largest absolute Gasteiger partial charge is 0.497 e. The van der Waals surface area contributed by atoms with Gasteiger partial charge < -0.3 is 10.1 Å². The quantitative estimate of drug-likeness (QED) is 0.882. The summed E-state index contributed by atoms with van der Waals surface area (Å²) in [6.45, 7) is 0.573. The van der Waals surface area contributed by atoms with Gasteiger partial charge in [0.1, 0.15) is 5.75 Å². The zero-order valence-electron chi connectivity index (χ0n) is 10.6. The van der Waals surface area contributed by atoms with E-state index in [2.05, 4.69) is 15.6 Å². The predicted octanol–water partition coefficient (Wildman–Crippen LogP) is 2.52. The molecule has 0 fully saturated rings. The summed E-state index contributed by atoms with van der Waals surface area (Å²) in [6, 6.07) is 7.55. The monoisotopic (exact) mass is 277 g/mol. The zero-order valence-corrected chi connectivity index (χ0v) is 11.4. The van der Waals surface area contributed by atoms with Crippen LogP contribution in [0.1, 0.15) is 5.56 Å². The number of carbonyl (C=O) groups excluding carboxylic acids is 1. The zero-order chi connectivity index (χ0) is 13.5. The average molecular weight is 277 g/mol. The molecule has 2 rings (SSSR count). The van der Waals surface area contributed by atoms with Crippen LogP contribution < -0.4 is 15.4 Å². The Bertz CT molecular complexity index is 511. The van der Waals surface area contributed by atoms with E-state index < -0.39 is 0 Å². The summed E-state index contributed by atoms with van der Waals surface area (Å²) in [7, 11) is 1.64. The van der Waals surface area contributed by atoms with Crippen molar-refractivity contribution in [2.45, 2.75) is 6.42 Å². The Morgan fingerprint density at radius 1 is 1.37 bits per heavy atom. The van der Waals surface area contributed by atoms with Gasteiger partial charge in [-0.25, -0.2) is 9.78 Å². The van der Waals surface area contributed by atoms with Crippen LogP contribution in [-0.4, -0.2) is 24.7 Å². The SMILES string of the molecule is COc1ccc(CCNC(=O)Nc2nccs2)cc1.